The van der Waals surface area contributed by atoms with E-state index in [2.05, 4.69) is 27.7 Å². The molecule has 13 heavy (non-hydrogen) atoms. The second-order valence-corrected chi connectivity index (χ2v) is 6.04. The Morgan fingerprint density at radius 2 is 1.54 bits per heavy atom. The zero-order valence-electron chi connectivity index (χ0n) is 9.69. The molecule has 0 aromatic rings. The van der Waals surface area contributed by atoms with Gasteiger partial charge in [-0.3, -0.25) is 0 Å². The van der Waals surface area contributed by atoms with E-state index in [1.165, 1.54) is 19.3 Å². The van der Waals surface area contributed by atoms with Crippen molar-refractivity contribution in [2.24, 2.45) is 22.7 Å². The highest BCUT2D eigenvalue weighted by Gasteiger charge is 2.62. The third-order valence-electron chi connectivity index (χ3n) is 5.41. The van der Waals surface area contributed by atoms with E-state index in [1.807, 2.05) is 0 Å². The SMILES string of the molecule is CCC(C)C12CCC(C(C)C)(C1)C2. The summed E-state index contributed by atoms with van der Waals surface area (Å²) in [6.45, 7) is 9.67. The summed E-state index contributed by atoms with van der Waals surface area (Å²) in [4.78, 5) is 0. The lowest BCUT2D eigenvalue weighted by Crippen LogP contribution is -2.44. The van der Waals surface area contributed by atoms with E-state index in [-0.39, 0.29) is 0 Å². The monoisotopic (exact) mass is 180 g/mol. The van der Waals surface area contributed by atoms with Crippen LogP contribution in [0.4, 0.5) is 0 Å². The van der Waals surface area contributed by atoms with Crippen molar-refractivity contribution in [2.45, 2.75) is 59.8 Å². The summed E-state index contributed by atoms with van der Waals surface area (Å²) >= 11 is 0. The minimum Gasteiger partial charge on any atom is -0.0651 e. The Morgan fingerprint density at radius 3 is 1.92 bits per heavy atom. The topological polar surface area (TPSA) is 0 Å². The fraction of sp³-hybridized carbons (Fsp3) is 1.00. The number of hydrogen-bond acceptors (Lipinski definition) is 0. The smallest absolute Gasteiger partial charge is 0.0261 e. The van der Waals surface area contributed by atoms with Crippen LogP contribution in [0.5, 0.6) is 0 Å². The highest BCUT2D eigenvalue weighted by Crippen LogP contribution is 2.72. The minimum atomic E-state index is 0.781. The van der Waals surface area contributed by atoms with Gasteiger partial charge >= 0.3 is 0 Å². The van der Waals surface area contributed by atoms with Crippen molar-refractivity contribution in [3.05, 3.63) is 0 Å². The lowest BCUT2D eigenvalue weighted by molar-refractivity contribution is -0.0332. The first-order valence-electron chi connectivity index (χ1n) is 6.05. The second kappa shape index (κ2) is 2.74. The first kappa shape index (κ1) is 9.55. The molecule has 3 saturated carbocycles. The van der Waals surface area contributed by atoms with E-state index >= 15 is 0 Å². The molecule has 3 rings (SSSR count). The Balaban J connectivity index is 2.06. The average Bonchev–Trinajstić information content (AvgIpc) is 2.57. The first-order chi connectivity index (χ1) is 6.05. The largest absolute Gasteiger partial charge is 0.0651 e. The van der Waals surface area contributed by atoms with E-state index in [0.717, 1.165) is 22.7 Å². The maximum atomic E-state index is 2.47. The second-order valence-electron chi connectivity index (χ2n) is 6.04. The quantitative estimate of drug-likeness (QED) is 0.609. The molecule has 0 saturated heterocycles. The molecule has 76 valence electrons. The summed E-state index contributed by atoms with van der Waals surface area (Å²) in [5.74, 6) is 1.90. The third kappa shape index (κ3) is 1.10. The molecule has 0 N–H and O–H groups in total. The van der Waals surface area contributed by atoms with Crippen molar-refractivity contribution >= 4 is 0 Å². The zero-order valence-corrected chi connectivity index (χ0v) is 9.69. The molecule has 0 heterocycles. The molecule has 0 nitrogen and oxygen atoms in total. The summed E-state index contributed by atoms with van der Waals surface area (Å²) in [6.07, 6.45) is 7.53. The summed E-state index contributed by atoms with van der Waals surface area (Å²) in [7, 11) is 0. The Bertz CT molecular complexity index is 196. The van der Waals surface area contributed by atoms with Crippen molar-refractivity contribution in [2.75, 3.05) is 0 Å². The predicted molar refractivity (Wildman–Crippen MR) is 57.6 cm³/mol. The van der Waals surface area contributed by atoms with Gasteiger partial charge in [0.2, 0.25) is 0 Å². The molecule has 0 spiro atoms. The van der Waals surface area contributed by atoms with Gasteiger partial charge in [0.25, 0.3) is 0 Å². The summed E-state index contributed by atoms with van der Waals surface area (Å²) in [6, 6.07) is 0. The van der Waals surface area contributed by atoms with Crippen molar-refractivity contribution in [1.29, 1.82) is 0 Å². The fourth-order valence-electron chi connectivity index (χ4n) is 3.93. The minimum absolute atomic E-state index is 0.781. The van der Waals surface area contributed by atoms with Crippen LogP contribution in [0.25, 0.3) is 0 Å². The van der Waals surface area contributed by atoms with E-state index in [0.29, 0.717) is 0 Å². The molecule has 3 fully saturated rings. The van der Waals surface area contributed by atoms with Gasteiger partial charge in [-0.05, 0) is 48.3 Å². The van der Waals surface area contributed by atoms with Gasteiger partial charge in [-0.1, -0.05) is 34.1 Å². The fourth-order valence-corrected chi connectivity index (χ4v) is 3.93. The zero-order chi connectivity index (χ0) is 9.69. The molecule has 2 bridgehead atoms. The van der Waals surface area contributed by atoms with Gasteiger partial charge in [-0.25, -0.2) is 0 Å². The van der Waals surface area contributed by atoms with E-state index in [9.17, 15) is 0 Å². The summed E-state index contributed by atoms with van der Waals surface area (Å²) in [5, 5.41) is 0. The Morgan fingerprint density at radius 1 is 1.00 bits per heavy atom. The van der Waals surface area contributed by atoms with Crippen LogP contribution in [0.2, 0.25) is 0 Å². The molecule has 0 amide bonds. The molecule has 3 aliphatic rings. The molecular formula is C13H24. The number of fused-ring (bicyclic) bond motifs is 1. The summed E-state index contributed by atoms with van der Waals surface area (Å²) < 4.78 is 0. The normalized spacial score (nSPS) is 45.0. The molecule has 0 aromatic carbocycles. The van der Waals surface area contributed by atoms with Gasteiger partial charge in [0.15, 0.2) is 0 Å². The maximum absolute atomic E-state index is 2.47. The lowest BCUT2D eigenvalue weighted by atomic mass is 9.52. The highest BCUT2D eigenvalue weighted by molar-refractivity contribution is 5.12. The van der Waals surface area contributed by atoms with Crippen LogP contribution in [0.3, 0.4) is 0 Å². The van der Waals surface area contributed by atoms with E-state index in [4.69, 9.17) is 0 Å². The van der Waals surface area contributed by atoms with Crippen LogP contribution in [-0.2, 0) is 0 Å². The van der Waals surface area contributed by atoms with E-state index < -0.39 is 0 Å². The van der Waals surface area contributed by atoms with Crippen LogP contribution < -0.4 is 0 Å². The van der Waals surface area contributed by atoms with Gasteiger partial charge in [0, 0.05) is 0 Å². The molecule has 0 aromatic heterocycles. The predicted octanol–water partition coefficient (Wildman–Crippen LogP) is 4.25. The average molecular weight is 180 g/mol. The maximum Gasteiger partial charge on any atom is -0.0261 e. The number of rotatable bonds is 3. The van der Waals surface area contributed by atoms with E-state index in [1.54, 1.807) is 12.8 Å². The first-order valence-corrected chi connectivity index (χ1v) is 6.05. The Kier molecular flexibility index (Phi) is 2.02. The molecule has 0 heteroatoms. The molecule has 1 atom stereocenters. The van der Waals surface area contributed by atoms with Crippen molar-refractivity contribution in [3.8, 4) is 0 Å². The van der Waals surface area contributed by atoms with Crippen LogP contribution in [-0.4, -0.2) is 0 Å². The number of hydrogen-bond donors (Lipinski definition) is 0. The van der Waals surface area contributed by atoms with Crippen LogP contribution >= 0.6 is 0 Å². The van der Waals surface area contributed by atoms with Gasteiger partial charge in [0.05, 0.1) is 0 Å². The van der Waals surface area contributed by atoms with Gasteiger partial charge in [-0.15, -0.1) is 0 Å². The summed E-state index contributed by atoms with van der Waals surface area (Å²) in [5.41, 5.74) is 1.57. The molecule has 0 radical (unpaired) electrons. The molecular weight excluding hydrogens is 156 g/mol. The standard InChI is InChI=1S/C13H24/c1-5-11(4)13-7-6-12(8-13,9-13)10(2)3/h10-11H,5-9H2,1-4H3. The van der Waals surface area contributed by atoms with Crippen LogP contribution in [0, 0.1) is 22.7 Å². The lowest BCUT2D eigenvalue weighted by Gasteiger charge is -2.53. The van der Waals surface area contributed by atoms with Gasteiger partial charge in [0.1, 0.15) is 0 Å². The molecule has 1 unspecified atom stereocenters. The van der Waals surface area contributed by atoms with Crippen molar-refractivity contribution in [3.63, 3.8) is 0 Å². The van der Waals surface area contributed by atoms with Crippen LogP contribution in [0.1, 0.15) is 59.8 Å². The molecule has 3 aliphatic carbocycles. The van der Waals surface area contributed by atoms with Gasteiger partial charge < -0.3 is 0 Å². The Labute approximate surface area is 83.1 Å². The van der Waals surface area contributed by atoms with Crippen molar-refractivity contribution in [1.82, 2.24) is 0 Å². The molecule has 0 aliphatic heterocycles. The van der Waals surface area contributed by atoms with Gasteiger partial charge in [-0.2, -0.15) is 0 Å². The highest BCUT2D eigenvalue weighted by atomic mass is 14.7. The Hall–Kier alpha value is 0. The van der Waals surface area contributed by atoms with Crippen molar-refractivity contribution < 1.29 is 0 Å². The van der Waals surface area contributed by atoms with Crippen LogP contribution in [0.15, 0.2) is 0 Å². The third-order valence-corrected chi connectivity index (χ3v) is 5.41.